The van der Waals surface area contributed by atoms with Crippen molar-refractivity contribution in [1.29, 1.82) is 0 Å². The quantitative estimate of drug-likeness (QED) is 0.469. The van der Waals surface area contributed by atoms with Gasteiger partial charge in [0.05, 0.1) is 11.4 Å². The third-order valence-electron chi connectivity index (χ3n) is 5.22. The summed E-state index contributed by atoms with van der Waals surface area (Å²) >= 11 is 1.88. The minimum atomic E-state index is -2.27. The molecule has 0 saturated heterocycles. The molecule has 32 heavy (non-hydrogen) atoms. The van der Waals surface area contributed by atoms with Gasteiger partial charge >= 0.3 is 11.9 Å². The largest absolute Gasteiger partial charge is 0.479 e. The summed E-state index contributed by atoms with van der Waals surface area (Å²) in [5.74, 6) is -3.54. The Morgan fingerprint density at radius 2 is 1.28 bits per heavy atom. The van der Waals surface area contributed by atoms with Crippen molar-refractivity contribution in [2.75, 3.05) is 24.5 Å². The van der Waals surface area contributed by atoms with Gasteiger partial charge in [-0.3, -0.25) is 4.90 Å². The predicted octanol–water partition coefficient (Wildman–Crippen LogP) is 2.90. The van der Waals surface area contributed by atoms with E-state index in [0.29, 0.717) is 6.04 Å². The van der Waals surface area contributed by atoms with Crippen LogP contribution in [0.5, 0.6) is 0 Å². The second kappa shape index (κ2) is 11.9. The number of likely N-dealkylation sites (N-methyl/N-ethyl adjacent to an activating group) is 1. The van der Waals surface area contributed by atoms with E-state index < -0.39 is 24.1 Å². The Morgan fingerprint density at radius 1 is 0.875 bits per heavy atom. The van der Waals surface area contributed by atoms with Gasteiger partial charge in [-0.2, -0.15) is 0 Å². The summed E-state index contributed by atoms with van der Waals surface area (Å²) in [4.78, 5) is 27.3. The predicted molar refractivity (Wildman–Crippen MR) is 124 cm³/mol. The van der Waals surface area contributed by atoms with Crippen molar-refractivity contribution in [3.8, 4) is 0 Å². The molecule has 2 aromatic rings. The molecule has 0 fully saturated rings. The molecule has 9 heteroatoms. The Labute approximate surface area is 192 Å². The molecule has 1 aliphatic rings. The van der Waals surface area contributed by atoms with E-state index >= 15 is 0 Å². The number of anilines is 2. The van der Waals surface area contributed by atoms with Crippen LogP contribution < -0.4 is 4.90 Å². The highest BCUT2D eigenvalue weighted by Gasteiger charge is 2.29. The summed E-state index contributed by atoms with van der Waals surface area (Å²) in [5, 5.41) is 32.5. The first kappa shape index (κ1) is 25.7. The SMILES string of the molecule is CCN(CC)C(C)CN1c2ccccc2Sc2ccccc21.O=C(O)C(O)C(O)C(=O)O. The highest BCUT2D eigenvalue weighted by atomic mass is 32.2. The molecule has 3 rings (SSSR count). The first-order chi connectivity index (χ1) is 15.2. The van der Waals surface area contributed by atoms with Crippen LogP contribution in [0.1, 0.15) is 20.8 Å². The lowest BCUT2D eigenvalue weighted by molar-refractivity contribution is -0.165. The zero-order chi connectivity index (χ0) is 23.8. The molecule has 0 radical (unpaired) electrons. The van der Waals surface area contributed by atoms with E-state index in [-0.39, 0.29) is 0 Å². The molecule has 1 aliphatic heterocycles. The number of hydrogen-bond acceptors (Lipinski definition) is 7. The number of carboxylic acids is 2. The molecule has 3 unspecified atom stereocenters. The molecule has 8 nitrogen and oxygen atoms in total. The van der Waals surface area contributed by atoms with Crippen molar-refractivity contribution in [1.82, 2.24) is 4.90 Å². The minimum Gasteiger partial charge on any atom is -0.479 e. The third-order valence-corrected chi connectivity index (χ3v) is 6.35. The topological polar surface area (TPSA) is 122 Å². The summed E-state index contributed by atoms with van der Waals surface area (Å²) in [5.41, 5.74) is 2.68. The van der Waals surface area contributed by atoms with Crippen molar-refractivity contribution in [2.45, 2.75) is 48.8 Å². The van der Waals surface area contributed by atoms with E-state index in [1.54, 1.807) is 0 Å². The van der Waals surface area contributed by atoms with Gasteiger partial charge in [-0.1, -0.05) is 49.9 Å². The highest BCUT2D eigenvalue weighted by Crippen LogP contribution is 2.47. The van der Waals surface area contributed by atoms with Gasteiger partial charge in [-0.05, 0) is 44.3 Å². The standard InChI is InChI=1S/C19H24N2S.C4H6O6/c1-4-20(5-2)15(3)14-21-16-10-6-8-12-18(16)22-19-13-9-7-11-17(19)21;5-1(3(7)8)2(6)4(9)10/h6-13,15H,4-5,14H2,1-3H3;1-2,5-6H,(H,7,8)(H,9,10). The lowest BCUT2D eigenvalue weighted by Gasteiger charge is -2.37. The van der Waals surface area contributed by atoms with Crippen molar-refractivity contribution in [3.05, 3.63) is 48.5 Å². The monoisotopic (exact) mass is 462 g/mol. The van der Waals surface area contributed by atoms with Crippen molar-refractivity contribution in [2.24, 2.45) is 0 Å². The van der Waals surface area contributed by atoms with E-state index in [1.165, 1.54) is 21.2 Å². The van der Waals surface area contributed by atoms with Crippen LogP contribution in [0.3, 0.4) is 0 Å². The average Bonchev–Trinajstić information content (AvgIpc) is 2.79. The molecule has 0 amide bonds. The molecule has 0 aliphatic carbocycles. The molecule has 174 valence electrons. The maximum atomic E-state index is 9.77. The zero-order valence-corrected chi connectivity index (χ0v) is 19.2. The third kappa shape index (κ3) is 6.23. The van der Waals surface area contributed by atoms with Gasteiger partial charge in [-0.25, -0.2) is 9.59 Å². The number of aliphatic carboxylic acids is 2. The second-order valence-electron chi connectivity index (χ2n) is 7.28. The number of aliphatic hydroxyl groups is 2. The molecular formula is C23H30N2O6S. The summed E-state index contributed by atoms with van der Waals surface area (Å²) in [7, 11) is 0. The molecule has 1 heterocycles. The van der Waals surface area contributed by atoms with Gasteiger partial charge in [-0.15, -0.1) is 0 Å². The number of carbonyl (C=O) groups is 2. The first-order valence-electron chi connectivity index (χ1n) is 10.4. The van der Waals surface area contributed by atoms with E-state index in [4.69, 9.17) is 20.4 Å². The van der Waals surface area contributed by atoms with Gasteiger partial charge in [0.15, 0.2) is 12.2 Å². The van der Waals surface area contributed by atoms with Crippen LogP contribution in [-0.2, 0) is 9.59 Å². The summed E-state index contributed by atoms with van der Waals surface area (Å²) in [6, 6.07) is 18.0. The smallest absolute Gasteiger partial charge is 0.335 e. The molecule has 0 spiro atoms. The number of para-hydroxylation sites is 2. The van der Waals surface area contributed by atoms with Crippen LogP contribution >= 0.6 is 11.8 Å². The Bertz CT molecular complexity index is 857. The lowest BCUT2D eigenvalue weighted by Crippen LogP contribution is -2.41. The number of nitrogens with zero attached hydrogens (tertiary/aromatic N) is 2. The Kier molecular flexibility index (Phi) is 9.52. The Morgan fingerprint density at radius 3 is 1.66 bits per heavy atom. The molecule has 2 aromatic carbocycles. The summed E-state index contributed by atoms with van der Waals surface area (Å²) in [6.07, 6.45) is -4.53. The summed E-state index contributed by atoms with van der Waals surface area (Å²) in [6.45, 7) is 10.0. The van der Waals surface area contributed by atoms with Crippen LogP contribution in [-0.4, -0.2) is 75.1 Å². The highest BCUT2D eigenvalue weighted by molar-refractivity contribution is 7.99. The maximum absolute atomic E-state index is 9.77. The van der Waals surface area contributed by atoms with E-state index in [2.05, 4.69) is 79.1 Å². The molecule has 0 saturated carbocycles. The van der Waals surface area contributed by atoms with Crippen molar-refractivity contribution < 1.29 is 30.0 Å². The van der Waals surface area contributed by atoms with Gasteiger partial charge in [0.25, 0.3) is 0 Å². The number of aliphatic hydroxyl groups excluding tert-OH is 2. The number of fused-ring (bicyclic) bond motifs is 2. The normalized spacial score (nSPS) is 15.0. The summed E-state index contributed by atoms with van der Waals surface area (Å²) < 4.78 is 0. The molecule has 3 atom stereocenters. The number of rotatable bonds is 8. The van der Waals surface area contributed by atoms with E-state index in [0.717, 1.165) is 19.6 Å². The average molecular weight is 463 g/mol. The molecule has 0 bridgehead atoms. The Balaban J connectivity index is 0.000000309. The van der Waals surface area contributed by atoms with Crippen LogP contribution in [0, 0.1) is 0 Å². The number of hydrogen-bond donors (Lipinski definition) is 4. The lowest BCUT2D eigenvalue weighted by atomic mass is 10.1. The van der Waals surface area contributed by atoms with Crippen molar-refractivity contribution in [3.63, 3.8) is 0 Å². The first-order valence-corrected chi connectivity index (χ1v) is 11.2. The Hall–Kier alpha value is -2.59. The number of benzene rings is 2. The fourth-order valence-electron chi connectivity index (χ4n) is 3.47. The minimum absolute atomic E-state index is 0.527. The van der Waals surface area contributed by atoms with Crippen LogP contribution in [0.15, 0.2) is 58.3 Å². The van der Waals surface area contributed by atoms with Gasteiger partial charge in [0, 0.05) is 22.4 Å². The maximum Gasteiger partial charge on any atom is 0.335 e. The van der Waals surface area contributed by atoms with Crippen LogP contribution in [0.4, 0.5) is 11.4 Å². The van der Waals surface area contributed by atoms with Gasteiger partial charge in [0.1, 0.15) is 0 Å². The van der Waals surface area contributed by atoms with Gasteiger partial charge in [0.2, 0.25) is 0 Å². The van der Waals surface area contributed by atoms with E-state index in [9.17, 15) is 9.59 Å². The molecular weight excluding hydrogens is 432 g/mol. The fourth-order valence-corrected chi connectivity index (χ4v) is 4.57. The van der Waals surface area contributed by atoms with Gasteiger partial charge < -0.3 is 25.3 Å². The van der Waals surface area contributed by atoms with Crippen molar-refractivity contribution >= 4 is 35.1 Å². The van der Waals surface area contributed by atoms with E-state index in [1.807, 2.05) is 11.8 Å². The van der Waals surface area contributed by atoms with Crippen LogP contribution in [0.2, 0.25) is 0 Å². The fraction of sp³-hybridized carbons (Fsp3) is 0.391. The second-order valence-corrected chi connectivity index (χ2v) is 8.37. The molecule has 4 N–H and O–H groups in total. The number of carboxylic acid groups (broad SMARTS) is 2. The zero-order valence-electron chi connectivity index (χ0n) is 18.4. The van der Waals surface area contributed by atoms with Crippen LogP contribution in [0.25, 0.3) is 0 Å². The molecule has 0 aromatic heterocycles.